The molecule has 0 aliphatic rings. The first kappa shape index (κ1) is 18.5. The maximum atomic E-state index is 12.6. The zero-order chi connectivity index (χ0) is 19.2. The molecule has 0 heterocycles. The van der Waals surface area contributed by atoms with E-state index in [0.717, 1.165) is 10.8 Å². The first-order chi connectivity index (χ1) is 13.1. The standard InChI is InChI=1S/C22H20O5/c1-3-19(26-17-11-5-4-6-12-17)22(24)27-20-14-16-10-8-7-9-15(16)13-18(20)21(23)25-2/h4-14,19H,3H2,1-2H3/t19-/m0/s1. The van der Waals surface area contributed by atoms with E-state index in [9.17, 15) is 9.59 Å². The van der Waals surface area contributed by atoms with E-state index in [0.29, 0.717) is 12.2 Å². The number of ether oxygens (including phenoxy) is 3. The molecule has 0 bridgehead atoms. The molecule has 0 spiro atoms. The van der Waals surface area contributed by atoms with E-state index in [1.54, 1.807) is 24.3 Å². The lowest BCUT2D eigenvalue weighted by Gasteiger charge is -2.17. The Hall–Kier alpha value is -3.34. The smallest absolute Gasteiger partial charge is 0.352 e. The summed E-state index contributed by atoms with van der Waals surface area (Å²) in [4.78, 5) is 24.8. The van der Waals surface area contributed by atoms with Gasteiger partial charge < -0.3 is 14.2 Å². The molecule has 0 aliphatic heterocycles. The molecule has 5 heteroatoms. The fraction of sp³-hybridized carbons (Fsp3) is 0.182. The van der Waals surface area contributed by atoms with Crippen molar-refractivity contribution in [3.05, 3.63) is 72.3 Å². The van der Waals surface area contributed by atoms with Crippen LogP contribution in [0.25, 0.3) is 10.8 Å². The van der Waals surface area contributed by atoms with Crippen LogP contribution < -0.4 is 9.47 Å². The number of methoxy groups -OCH3 is 1. The summed E-state index contributed by atoms with van der Waals surface area (Å²) in [5.74, 6) is -0.406. The third kappa shape index (κ3) is 4.26. The summed E-state index contributed by atoms with van der Waals surface area (Å²) in [6.45, 7) is 1.83. The topological polar surface area (TPSA) is 61.8 Å². The number of para-hydroxylation sites is 1. The van der Waals surface area contributed by atoms with Crippen LogP contribution >= 0.6 is 0 Å². The van der Waals surface area contributed by atoms with E-state index < -0.39 is 18.0 Å². The van der Waals surface area contributed by atoms with E-state index in [4.69, 9.17) is 14.2 Å². The molecule has 0 N–H and O–H groups in total. The fourth-order valence-corrected chi connectivity index (χ4v) is 2.71. The van der Waals surface area contributed by atoms with Crippen LogP contribution in [0.1, 0.15) is 23.7 Å². The van der Waals surface area contributed by atoms with E-state index in [2.05, 4.69) is 0 Å². The van der Waals surface area contributed by atoms with Crippen LogP contribution in [-0.4, -0.2) is 25.2 Å². The predicted octanol–water partition coefficient (Wildman–Crippen LogP) is 4.39. The van der Waals surface area contributed by atoms with E-state index in [-0.39, 0.29) is 11.3 Å². The molecule has 3 aromatic rings. The molecule has 27 heavy (non-hydrogen) atoms. The largest absolute Gasteiger partial charge is 0.479 e. The first-order valence-corrected chi connectivity index (χ1v) is 8.67. The Morgan fingerprint density at radius 1 is 0.926 bits per heavy atom. The van der Waals surface area contributed by atoms with Gasteiger partial charge >= 0.3 is 11.9 Å². The SMILES string of the molecule is CC[C@H](Oc1ccccc1)C(=O)Oc1cc2ccccc2cc1C(=O)OC. The minimum absolute atomic E-state index is 0.153. The number of esters is 2. The molecule has 0 aliphatic carbocycles. The Morgan fingerprint density at radius 3 is 2.19 bits per heavy atom. The van der Waals surface area contributed by atoms with Gasteiger partial charge in [0, 0.05) is 0 Å². The van der Waals surface area contributed by atoms with Crippen molar-refractivity contribution in [3.63, 3.8) is 0 Å². The highest BCUT2D eigenvalue weighted by Crippen LogP contribution is 2.27. The van der Waals surface area contributed by atoms with Gasteiger partial charge in [0.1, 0.15) is 17.1 Å². The zero-order valence-electron chi connectivity index (χ0n) is 15.2. The van der Waals surface area contributed by atoms with Crippen LogP contribution in [-0.2, 0) is 9.53 Å². The second-order valence-electron chi connectivity index (χ2n) is 5.94. The highest BCUT2D eigenvalue weighted by Gasteiger charge is 2.24. The Kier molecular flexibility index (Phi) is 5.71. The summed E-state index contributed by atoms with van der Waals surface area (Å²) in [6.07, 6.45) is -0.362. The minimum atomic E-state index is -0.788. The number of fused-ring (bicyclic) bond motifs is 1. The van der Waals surface area contributed by atoms with E-state index in [1.165, 1.54) is 7.11 Å². The number of hydrogen-bond acceptors (Lipinski definition) is 5. The second kappa shape index (κ2) is 8.36. The average Bonchev–Trinajstić information content (AvgIpc) is 2.71. The molecule has 0 fully saturated rings. The monoisotopic (exact) mass is 364 g/mol. The highest BCUT2D eigenvalue weighted by molar-refractivity contribution is 5.99. The normalized spacial score (nSPS) is 11.6. The Morgan fingerprint density at radius 2 is 1.56 bits per heavy atom. The van der Waals surface area contributed by atoms with Crippen LogP contribution in [0.2, 0.25) is 0 Å². The van der Waals surface area contributed by atoms with Crippen molar-refractivity contribution in [1.82, 2.24) is 0 Å². The molecule has 0 amide bonds. The summed E-state index contributed by atoms with van der Waals surface area (Å²) in [7, 11) is 1.29. The number of carbonyl (C=O) groups is 2. The van der Waals surface area contributed by atoms with Gasteiger partial charge in [0.25, 0.3) is 0 Å². The number of hydrogen-bond donors (Lipinski definition) is 0. The van der Waals surface area contributed by atoms with Gasteiger partial charge in [-0.2, -0.15) is 0 Å². The molecule has 1 atom stereocenters. The molecule has 0 aromatic heterocycles. The molecule has 5 nitrogen and oxygen atoms in total. The van der Waals surface area contributed by atoms with Gasteiger partial charge in [-0.3, -0.25) is 0 Å². The molecule has 138 valence electrons. The lowest BCUT2D eigenvalue weighted by molar-refractivity contribution is -0.142. The lowest BCUT2D eigenvalue weighted by atomic mass is 10.1. The predicted molar refractivity (Wildman–Crippen MR) is 102 cm³/mol. The fourth-order valence-electron chi connectivity index (χ4n) is 2.71. The summed E-state index contributed by atoms with van der Waals surface area (Å²) in [5.41, 5.74) is 0.194. The van der Waals surface area contributed by atoms with Crippen molar-refractivity contribution in [2.75, 3.05) is 7.11 Å². The van der Waals surface area contributed by atoms with Gasteiger partial charge in [0.05, 0.1) is 7.11 Å². The molecular formula is C22H20O5. The summed E-state index contributed by atoms with van der Waals surface area (Å²) in [6, 6.07) is 19.9. The van der Waals surface area contributed by atoms with Gasteiger partial charge in [0.15, 0.2) is 6.10 Å². The zero-order valence-corrected chi connectivity index (χ0v) is 15.2. The van der Waals surface area contributed by atoms with Gasteiger partial charge in [-0.15, -0.1) is 0 Å². The molecule has 0 radical (unpaired) electrons. The quantitative estimate of drug-likeness (QED) is 0.479. The van der Waals surface area contributed by atoms with Crippen LogP contribution in [0, 0.1) is 0 Å². The van der Waals surface area contributed by atoms with Gasteiger partial charge in [0.2, 0.25) is 0 Å². The number of benzene rings is 3. The van der Waals surface area contributed by atoms with Crippen molar-refractivity contribution in [2.45, 2.75) is 19.4 Å². The Labute approximate surface area is 157 Å². The summed E-state index contributed by atoms with van der Waals surface area (Å²) < 4.78 is 16.1. The molecule has 0 saturated carbocycles. The average molecular weight is 364 g/mol. The highest BCUT2D eigenvalue weighted by atomic mass is 16.6. The number of carbonyl (C=O) groups excluding carboxylic acids is 2. The Balaban J connectivity index is 1.89. The van der Waals surface area contributed by atoms with Gasteiger partial charge in [-0.05, 0) is 41.5 Å². The van der Waals surface area contributed by atoms with Crippen LogP contribution in [0.15, 0.2) is 66.7 Å². The third-order valence-electron chi connectivity index (χ3n) is 4.12. The van der Waals surface area contributed by atoms with Crippen molar-refractivity contribution >= 4 is 22.7 Å². The first-order valence-electron chi connectivity index (χ1n) is 8.67. The van der Waals surface area contributed by atoms with E-state index in [1.807, 2.05) is 49.4 Å². The maximum absolute atomic E-state index is 12.6. The van der Waals surface area contributed by atoms with Crippen molar-refractivity contribution in [3.8, 4) is 11.5 Å². The van der Waals surface area contributed by atoms with Crippen LogP contribution in [0.3, 0.4) is 0 Å². The molecule has 0 saturated heterocycles. The maximum Gasteiger partial charge on any atom is 0.352 e. The van der Waals surface area contributed by atoms with E-state index >= 15 is 0 Å². The summed E-state index contributed by atoms with van der Waals surface area (Å²) >= 11 is 0. The van der Waals surface area contributed by atoms with Crippen molar-refractivity contribution < 1.29 is 23.8 Å². The van der Waals surface area contributed by atoms with Crippen molar-refractivity contribution in [2.24, 2.45) is 0 Å². The van der Waals surface area contributed by atoms with Gasteiger partial charge in [-0.25, -0.2) is 9.59 Å². The lowest BCUT2D eigenvalue weighted by Crippen LogP contribution is -2.31. The minimum Gasteiger partial charge on any atom is -0.479 e. The Bertz CT molecular complexity index is 949. The molecule has 0 unspecified atom stereocenters. The summed E-state index contributed by atoms with van der Waals surface area (Å²) in [5, 5.41) is 1.70. The molecule has 3 rings (SSSR count). The van der Waals surface area contributed by atoms with Crippen molar-refractivity contribution in [1.29, 1.82) is 0 Å². The second-order valence-corrected chi connectivity index (χ2v) is 5.94. The van der Waals surface area contributed by atoms with Crippen LogP contribution in [0.4, 0.5) is 0 Å². The number of rotatable bonds is 6. The molecule has 3 aromatic carbocycles. The third-order valence-corrected chi connectivity index (χ3v) is 4.12. The van der Waals surface area contributed by atoms with Crippen LogP contribution in [0.5, 0.6) is 11.5 Å². The van der Waals surface area contributed by atoms with Gasteiger partial charge in [-0.1, -0.05) is 49.4 Å². The molecular weight excluding hydrogens is 344 g/mol.